The summed E-state index contributed by atoms with van der Waals surface area (Å²) in [4.78, 5) is 4.98. The Bertz CT molecular complexity index is 429. The molecule has 2 aliphatic rings. The molecule has 0 bridgehead atoms. The van der Waals surface area contributed by atoms with Crippen LogP contribution < -0.4 is 10.6 Å². The molecule has 0 aromatic heterocycles. The van der Waals surface area contributed by atoms with Crippen LogP contribution in [0.2, 0.25) is 0 Å². The standard InChI is InChI=1S/C15H23N3O/c16-14-4-3-13-2-1-5-18(15(13)12-14)7-6-17-8-10-19-11-9-17/h3-4,12H,1-2,5-11,16H2. The molecule has 4 heteroatoms. The number of anilines is 2. The van der Waals surface area contributed by atoms with E-state index in [0.717, 1.165) is 51.6 Å². The van der Waals surface area contributed by atoms with E-state index in [0.29, 0.717) is 0 Å². The molecule has 2 N–H and O–H groups in total. The van der Waals surface area contributed by atoms with Gasteiger partial charge >= 0.3 is 0 Å². The molecule has 3 rings (SSSR count). The Morgan fingerprint density at radius 1 is 1.11 bits per heavy atom. The maximum absolute atomic E-state index is 5.93. The topological polar surface area (TPSA) is 41.7 Å². The predicted octanol–water partition coefficient (Wildman–Crippen LogP) is 1.35. The Labute approximate surface area is 115 Å². The van der Waals surface area contributed by atoms with Crippen molar-refractivity contribution < 1.29 is 4.74 Å². The van der Waals surface area contributed by atoms with Crippen LogP contribution in [0.15, 0.2) is 18.2 Å². The van der Waals surface area contributed by atoms with Crippen molar-refractivity contribution in [3.63, 3.8) is 0 Å². The molecule has 0 amide bonds. The van der Waals surface area contributed by atoms with E-state index >= 15 is 0 Å². The van der Waals surface area contributed by atoms with Gasteiger partial charge in [-0.1, -0.05) is 6.07 Å². The molecule has 0 aliphatic carbocycles. The first kappa shape index (κ1) is 12.8. The highest BCUT2D eigenvalue weighted by Gasteiger charge is 2.18. The Morgan fingerprint density at radius 3 is 2.79 bits per heavy atom. The van der Waals surface area contributed by atoms with E-state index in [4.69, 9.17) is 10.5 Å². The van der Waals surface area contributed by atoms with Crippen molar-refractivity contribution in [3.8, 4) is 0 Å². The Balaban J connectivity index is 1.64. The number of rotatable bonds is 3. The van der Waals surface area contributed by atoms with Crippen LogP contribution in [-0.4, -0.2) is 50.8 Å². The van der Waals surface area contributed by atoms with Crippen molar-refractivity contribution in [2.24, 2.45) is 0 Å². The van der Waals surface area contributed by atoms with Crippen LogP contribution in [0, 0.1) is 0 Å². The van der Waals surface area contributed by atoms with Crippen LogP contribution >= 0.6 is 0 Å². The van der Waals surface area contributed by atoms with Gasteiger partial charge in [0.2, 0.25) is 0 Å². The summed E-state index contributed by atoms with van der Waals surface area (Å²) in [6.45, 7) is 7.26. The smallest absolute Gasteiger partial charge is 0.0594 e. The number of nitrogen functional groups attached to an aromatic ring is 1. The summed E-state index contributed by atoms with van der Waals surface area (Å²) in [5.41, 5.74) is 9.60. The first-order chi connectivity index (χ1) is 9.33. The molecule has 2 heterocycles. The Kier molecular flexibility index (Phi) is 3.89. The summed E-state index contributed by atoms with van der Waals surface area (Å²) in [6.07, 6.45) is 2.43. The number of nitrogens with two attached hydrogens (primary N) is 1. The molecule has 19 heavy (non-hydrogen) atoms. The van der Waals surface area contributed by atoms with Gasteiger partial charge in [-0.2, -0.15) is 0 Å². The van der Waals surface area contributed by atoms with E-state index < -0.39 is 0 Å². The lowest BCUT2D eigenvalue weighted by Crippen LogP contribution is -2.42. The van der Waals surface area contributed by atoms with Crippen molar-refractivity contribution in [2.45, 2.75) is 12.8 Å². The van der Waals surface area contributed by atoms with Gasteiger partial charge in [0.15, 0.2) is 0 Å². The highest BCUT2D eigenvalue weighted by atomic mass is 16.5. The third kappa shape index (κ3) is 3.01. The van der Waals surface area contributed by atoms with Crippen LogP contribution in [-0.2, 0) is 11.2 Å². The minimum Gasteiger partial charge on any atom is -0.399 e. The minimum atomic E-state index is 0.872. The lowest BCUT2D eigenvalue weighted by molar-refractivity contribution is 0.0391. The number of morpholine rings is 1. The molecule has 0 spiro atoms. The highest BCUT2D eigenvalue weighted by Crippen LogP contribution is 2.28. The maximum atomic E-state index is 5.93. The van der Waals surface area contributed by atoms with Crippen LogP contribution in [0.25, 0.3) is 0 Å². The van der Waals surface area contributed by atoms with Gasteiger partial charge in [-0.15, -0.1) is 0 Å². The lowest BCUT2D eigenvalue weighted by Gasteiger charge is -2.34. The monoisotopic (exact) mass is 261 g/mol. The van der Waals surface area contributed by atoms with Crippen LogP contribution in [0.1, 0.15) is 12.0 Å². The summed E-state index contributed by atoms with van der Waals surface area (Å²) in [7, 11) is 0. The van der Waals surface area contributed by atoms with Crippen molar-refractivity contribution >= 4 is 11.4 Å². The molecule has 1 aromatic carbocycles. The Morgan fingerprint density at radius 2 is 1.95 bits per heavy atom. The summed E-state index contributed by atoms with van der Waals surface area (Å²) in [5.74, 6) is 0. The van der Waals surface area contributed by atoms with Crippen molar-refractivity contribution in [1.82, 2.24) is 4.90 Å². The average molecular weight is 261 g/mol. The third-order valence-electron chi connectivity index (χ3n) is 4.11. The predicted molar refractivity (Wildman–Crippen MR) is 78.6 cm³/mol. The number of nitrogens with zero attached hydrogens (tertiary/aromatic N) is 2. The molecule has 2 aliphatic heterocycles. The van der Waals surface area contributed by atoms with Crippen LogP contribution in [0.3, 0.4) is 0 Å². The Hall–Kier alpha value is -1.26. The molecule has 0 unspecified atom stereocenters. The number of hydrogen-bond acceptors (Lipinski definition) is 4. The van der Waals surface area contributed by atoms with E-state index in [9.17, 15) is 0 Å². The van der Waals surface area contributed by atoms with Gasteiger partial charge in [-0.25, -0.2) is 0 Å². The number of benzene rings is 1. The number of ether oxygens (including phenoxy) is 1. The fourth-order valence-electron chi connectivity index (χ4n) is 2.99. The molecular formula is C15H23N3O. The van der Waals surface area contributed by atoms with Gasteiger partial charge in [-0.3, -0.25) is 4.90 Å². The maximum Gasteiger partial charge on any atom is 0.0594 e. The second kappa shape index (κ2) is 5.80. The molecule has 0 atom stereocenters. The number of hydrogen-bond donors (Lipinski definition) is 1. The molecule has 0 radical (unpaired) electrons. The first-order valence-electron chi connectivity index (χ1n) is 7.26. The van der Waals surface area contributed by atoms with Crippen LogP contribution in [0.5, 0.6) is 0 Å². The molecule has 104 valence electrons. The minimum absolute atomic E-state index is 0.872. The van der Waals surface area contributed by atoms with Gasteiger partial charge in [0.1, 0.15) is 0 Å². The van der Waals surface area contributed by atoms with E-state index in [-0.39, 0.29) is 0 Å². The second-order valence-corrected chi connectivity index (χ2v) is 5.43. The third-order valence-corrected chi connectivity index (χ3v) is 4.11. The van der Waals surface area contributed by atoms with E-state index in [2.05, 4.69) is 21.9 Å². The summed E-state index contributed by atoms with van der Waals surface area (Å²) in [5, 5.41) is 0. The SMILES string of the molecule is Nc1ccc2c(c1)N(CCN1CCOCC1)CCC2. The lowest BCUT2D eigenvalue weighted by atomic mass is 10.0. The van der Waals surface area contributed by atoms with E-state index in [1.54, 1.807) is 0 Å². The van der Waals surface area contributed by atoms with Gasteiger partial charge in [-0.05, 0) is 30.5 Å². The second-order valence-electron chi connectivity index (χ2n) is 5.43. The quantitative estimate of drug-likeness (QED) is 0.834. The largest absolute Gasteiger partial charge is 0.399 e. The van der Waals surface area contributed by atoms with Crippen molar-refractivity contribution in [1.29, 1.82) is 0 Å². The van der Waals surface area contributed by atoms with Gasteiger partial charge < -0.3 is 15.4 Å². The summed E-state index contributed by atoms with van der Waals surface area (Å²) >= 11 is 0. The average Bonchev–Trinajstić information content (AvgIpc) is 2.46. The number of aryl methyl sites for hydroxylation is 1. The van der Waals surface area contributed by atoms with Gasteiger partial charge in [0.25, 0.3) is 0 Å². The molecule has 0 saturated carbocycles. The zero-order valence-electron chi connectivity index (χ0n) is 11.5. The summed E-state index contributed by atoms with van der Waals surface area (Å²) < 4.78 is 5.39. The van der Waals surface area contributed by atoms with Crippen molar-refractivity contribution in [2.75, 3.05) is 56.6 Å². The molecule has 1 fully saturated rings. The van der Waals surface area contributed by atoms with E-state index in [1.165, 1.54) is 24.1 Å². The zero-order chi connectivity index (χ0) is 13.1. The summed E-state index contributed by atoms with van der Waals surface area (Å²) in [6, 6.07) is 6.34. The molecule has 1 saturated heterocycles. The van der Waals surface area contributed by atoms with Crippen LogP contribution in [0.4, 0.5) is 11.4 Å². The molecule has 4 nitrogen and oxygen atoms in total. The zero-order valence-corrected chi connectivity index (χ0v) is 11.5. The van der Waals surface area contributed by atoms with E-state index in [1.807, 2.05) is 6.07 Å². The first-order valence-corrected chi connectivity index (χ1v) is 7.26. The molecule has 1 aromatic rings. The number of fused-ring (bicyclic) bond motifs is 1. The molecular weight excluding hydrogens is 238 g/mol. The van der Waals surface area contributed by atoms with Gasteiger partial charge in [0, 0.05) is 44.1 Å². The fraction of sp³-hybridized carbons (Fsp3) is 0.600. The van der Waals surface area contributed by atoms with Gasteiger partial charge in [0.05, 0.1) is 13.2 Å². The normalized spacial score (nSPS) is 20.3. The van der Waals surface area contributed by atoms with Crippen molar-refractivity contribution in [3.05, 3.63) is 23.8 Å². The fourth-order valence-corrected chi connectivity index (χ4v) is 2.99. The highest BCUT2D eigenvalue weighted by molar-refractivity contribution is 5.62.